The first-order chi connectivity index (χ1) is 12.0. The van der Waals surface area contributed by atoms with Crippen LogP contribution < -0.4 is 10.6 Å². The number of aromatic nitrogens is 2. The average molecular weight is 350 g/mol. The van der Waals surface area contributed by atoms with Crippen LogP contribution in [0.15, 0.2) is 48.1 Å². The van der Waals surface area contributed by atoms with Gasteiger partial charge in [-0.05, 0) is 25.3 Å². The number of nitrogens with one attached hydrogen (secondary N) is 2. The average Bonchev–Trinajstić information content (AvgIpc) is 3.22. The highest BCUT2D eigenvalue weighted by molar-refractivity contribution is 7.14. The number of aryl methyl sites for hydroxylation is 1. The second-order valence-electron chi connectivity index (χ2n) is 5.49. The second kappa shape index (κ2) is 7.35. The van der Waals surface area contributed by atoms with Crippen LogP contribution in [0.5, 0.6) is 0 Å². The van der Waals surface area contributed by atoms with Gasteiger partial charge in [-0.1, -0.05) is 23.8 Å². The number of anilines is 1. The zero-order valence-corrected chi connectivity index (χ0v) is 14.3. The molecule has 2 N–H and O–H groups in total. The van der Waals surface area contributed by atoms with Gasteiger partial charge < -0.3 is 15.1 Å². The van der Waals surface area contributed by atoms with Crippen LogP contribution in [-0.2, 0) is 4.79 Å². The Balaban J connectivity index is 1.56. The quantitative estimate of drug-likeness (QED) is 0.693. The molecule has 0 aliphatic heterocycles. The summed E-state index contributed by atoms with van der Waals surface area (Å²) in [6, 6.07) is 9.55. The number of carbonyl (C=O) groups is 2. The summed E-state index contributed by atoms with van der Waals surface area (Å²) in [5, 5.41) is 7.59. The monoisotopic (exact) mass is 350 g/mol. The molecule has 0 saturated carbocycles. The maximum absolute atomic E-state index is 12.0. The fourth-order valence-electron chi connectivity index (χ4n) is 2.24. The molecule has 8 heteroatoms. The van der Waals surface area contributed by atoms with Crippen LogP contribution in [0.25, 0.3) is 11.3 Å². The molecular weight excluding hydrogens is 335 g/mol. The smallest absolute Gasteiger partial charge is 0.253 e. The van der Waals surface area contributed by atoms with Crippen molar-refractivity contribution in [2.45, 2.75) is 6.92 Å². The number of nitrogens with zero attached hydrogens (tertiary/aromatic N) is 2. The highest BCUT2D eigenvalue weighted by atomic mass is 32.1. The number of amides is 2. The SMILES string of the molecule is [B]n1ccc(C(=O)NCC(=O)Nc2nc(-c3cccc(C)c3)cs2)c1. The first kappa shape index (κ1) is 17.0. The summed E-state index contributed by atoms with van der Waals surface area (Å²) in [5.41, 5.74) is 3.34. The number of benzene rings is 1. The fraction of sp³-hybridized carbons (Fsp3) is 0.118. The van der Waals surface area contributed by atoms with Gasteiger partial charge in [0.2, 0.25) is 13.9 Å². The van der Waals surface area contributed by atoms with Crippen molar-refractivity contribution in [1.82, 2.24) is 14.8 Å². The first-order valence-corrected chi connectivity index (χ1v) is 8.43. The molecule has 6 nitrogen and oxygen atoms in total. The van der Waals surface area contributed by atoms with Gasteiger partial charge in [-0.3, -0.25) is 9.59 Å². The zero-order chi connectivity index (χ0) is 17.8. The molecule has 3 rings (SSSR count). The van der Waals surface area contributed by atoms with Crippen molar-refractivity contribution >= 4 is 36.3 Å². The van der Waals surface area contributed by atoms with E-state index in [1.165, 1.54) is 22.0 Å². The van der Waals surface area contributed by atoms with E-state index in [1.807, 2.05) is 36.6 Å². The van der Waals surface area contributed by atoms with E-state index >= 15 is 0 Å². The molecule has 0 bridgehead atoms. The molecule has 0 atom stereocenters. The predicted molar refractivity (Wildman–Crippen MR) is 98.8 cm³/mol. The van der Waals surface area contributed by atoms with Gasteiger partial charge in [-0.25, -0.2) is 4.98 Å². The van der Waals surface area contributed by atoms with Gasteiger partial charge in [0.15, 0.2) is 5.13 Å². The molecule has 2 aromatic heterocycles. The molecule has 124 valence electrons. The number of carbonyl (C=O) groups excluding carboxylic acids is 2. The molecule has 2 heterocycles. The Morgan fingerprint density at radius 1 is 1.32 bits per heavy atom. The van der Waals surface area contributed by atoms with Crippen LogP contribution in [0.4, 0.5) is 5.13 Å². The lowest BCUT2D eigenvalue weighted by atomic mass is 10.1. The second-order valence-corrected chi connectivity index (χ2v) is 6.34. The Labute approximate surface area is 150 Å². The number of hydrogen-bond acceptors (Lipinski definition) is 4. The van der Waals surface area contributed by atoms with Crippen LogP contribution in [0.2, 0.25) is 0 Å². The van der Waals surface area contributed by atoms with E-state index in [0.717, 1.165) is 16.8 Å². The summed E-state index contributed by atoms with van der Waals surface area (Å²) >= 11 is 1.34. The molecule has 0 aliphatic rings. The van der Waals surface area contributed by atoms with Gasteiger partial charge in [-0.15, -0.1) is 11.3 Å². The van der Waals surface area contributed by atoms with Crippen LogP contribution in [-0.4, -0.2) is 35.8 Å². The summed E-state index contributed by atoms with van der Waals surface area (Å²) in [7, 11) is 5.48. The molecule has 3 aromatic rings. The largest absolute Gasteiger partial charge is 0.409 e. The Kier molecular flexibility index (Phi) is 4.99. The highest BCUT2D eigenvalue weighted by Crippen LogP contribution is 2.25. The summed E-state index contributed by atoms with van der Waals surface area (Å²) in [5.74, 6) is -0.704. The minimum atomic E-state index is -0.362. The van der Waals surface area contributed by atoms with Crippen LogP contribution in [0.1, 0.15) is 15.9 Å². The molecule has 0 fully saturated rings. The molecule has 1 aromatic carbocycles. The van der Waals surface area contributed by atoms with E-state index in [2.05, 4.69) is 15.6 Å². The van der Waals surface area contributed by atoms with Crippen molar-refractivity contribution in [3.8, 4) is 11.3 Å². The van der Waals surface area contributed by atoms with Gasteiger partial charge in [-0.2, -0.15) is 0 Å². The number of hydrogen-bond donors (Lipinski definition) is 2. The number of rotatable bonds is 5. The van der Waals surface area contributed by atoms with Crippen molar-refractivity contribution < 1.29 is 9.59 Å². The van der Waals surface area contributed by atoms with Crippen molar-refractivity contribution in [3.63, 3.8) is 0 Å². The fourth-order valence-corrected chi connectivity index (χ4v) is 2.98. The van der Waals surface area contributed by atoms with E-state index < -0.39 is 0 Å². The third kappa shape index (κ3) is 4.36. The normalized spacial score (nSPS) is 10.4. The Morgan fingerprint density at radius 2 is 2.16 bits per heavy atom. The molecule has 0 unspecified atom stereocenters. The van der Waals surface area contributed by atoms with Gasteiger partial charge >= 0.3 is 0 Å². The summed E-state index contributed by atoms with van der Waals surface area (Å²) in [6.07, 6.45) is 3.03. The summed E-state index contributed by atoms with van der Waals surface area (Å²) in [6.45, 7) is 1.87. The van der Waals surface area contributed by atoms with E-state index in [4.69, 9.17) is 7.98 Å². The molecule has 0 saturated heterocycles. The third-order valence-corrected chi connectivity index (χ3v) is 4.21. The Bertz CT molecular complexity index is 919. The van der Waals surface area contributed by atoms with Gasteiger partial charge in [0.05, 0.1) is 17.8 Å². The molecule has 0 spiro atoms. The minimum absolute atomic E-state index is 0.145. The lowest BCUT2D eigenvalue weighted by molar-refractivity contribution is -0.115. The van der Waals surface area contributed by atoms with E-state index in [-0.39, 0.29) is 18.4 Å². The maximum Gasteiger partial charge on any atom is 0.253 e. The van der Waals surface area contributed by atoms with Gasteiger partial charge in [0.25, 0.3) is 5.91 Å². The summed E-state index contributed by atoms with van der Waals surface area (Å²) in [4.78, 5) is 28.2. The van der Waals surface area contributed by atoms with Crippen molar-refractivity contribution in [3.05, 3.63) is 59.2 Å². The van der Waals surface area contributed by atoms with Crippen LogP contribution in [0.3, 0.4) is 0 Å². The third-order valence-electron chi connectivity index (χ3n) is 3.45. The lowest BCUT2D eigenvalue weighted by Crippen LogP contribution is -2.32. The van der Waals surface area contributed by atoms with Crippen LogP contribution >= 0.6 is 11.3 Å². The first-order valence-electron chi connectivity index (χ1n) is 7.55. The highest BCUT2D eigenvalue weighted by Gasteiger charge is 2.11. The van der Waals surface area contributed by atoms with Crippen molar-refractivity contribution in [2.24, 2.45) is 0 Å². The van der Waals surface area contributed by atoms with Crippen molar-refractivity contribution in [2.75, 3.05) is 11.9 Å². The van der Waals surface area contributed by atoms with Crippen molar-refractivity contribution in [1.29, 1.82) is 0 Å². The molecule has 2 radical (unpaired) electrons. The molecule has 2 amide bonds. The zero-order valence-electron chi connectivity index (χ0n) is 13.5. The van der Waals surface area contributed by atoms with E-state index in [1.54, 1.807) is 12.3 Å². The molecular formula is C17H15BN4O2S. The lowest BCUT2D eigenvalue weighted by Gasteiger charge is -2.04. The Hall–Kier alpha value is -2.87. The summed E-state index contributed by atoms with van der Waals surface area (Å²) < 4.78 is 1.28. The molecule has 25 heavy (non-hydrogen) atoms. The predicted octanol–water partition coefficient (Wildman–Crippen LogP) is 2.22. The van der Waals surface area contributed by atoms with Gasteiger partial charge in [0.1, 0.15) is 0 Å². The number of thiazole rings is 1. The maximum atomic E-state index is 12.0. The van der Waals surface area contributed by atoms with E-state index in [9.17, 15) is 9.59 Å². The standard InChI is InChI=1S/C17H15BN4O2S/c1-11-3-2-4-12(7-11)14-10-25-17(20-14)21-15(23)8-19-16(24)13-5-6-22(18)9-13/h2-7,9-10H,8H2,1H3,(H,19,24)(H,20,21,23). The molecule has 0 aliphatic carbocycles. The minimum Gasteiger partial charge on any atom is -0.409 e. The van der Waals surface area contributed by atoms with E-state index in [0.29, 0.717) is 10.7 Å². The van der Waals surface area contributed by atoms with Crippen LogP contribution in [0, 0.1) is 6.92 Å². The Morgan fingerprint density at radius 3 is 2.88 bits per heavy atom. The van der Waals surface area contributed by atoms with Gasteiger partial charge in [0, 0.05) is 17.1 Å². The topological polar surface area (TPSA) is 76.0 Å².